The number of hydrogen-bond donors (Lipinski definition) is 2. The van der Waals surface area contributed by atoms with Gasteiger partial charge in [-0.05, 0) is 36.5 Å². The first-order valence-corrected chi connectivity index (χ1v) is 5.63. The third kappa shape index (κ3) is 2.62. The summed E-state index contributed by atoms with van der Waals surface area (Å²) in [5, 5.41) is 9.27. The van der Waals surface area contributed by atoms with E-state index >= 15 is 0 Å². The van der Waals surface area contributed by atoms with Crippen LogP contribution in [0.25, 0.3) is 0 Å². The van der Waals surface area contributed by atoms with Crippen LogP contribution < -0.4 is 5.32 Å². The Morgan fingerprint density at radius 3 is 2.72 bits per heavy atom. The fourth-order valence-corrected chi connectivity index (χ4v) is 1.55. The van der Waals surface area contributed by atoms with Crippen LogP contribution in [0.5, 0.6) is 0 Å². The van der Waals surface area contributed by atoms with Crippen LogP contribution in [-0.4, -0.2) is 20.7 Å². The van der Waals surface area contributed by atoms with Gasteiger partial charge >= 0.3 is 0 Å². The van der Waals surface area contributed by atoms with E-state index < -0.39 is 0 Å². The standard InChI is InChI=1S/C11H11FN4OS/c1-16-9(14-15-11(16)18)6-13-10(17)7-2-4-8(12)5-3-7/h2-5H,6H2,1H3,(H,13,17)(H,15,18). The summed E-state index contributed by atoms with van der Waals surface area (Å²) in [4.78, 5) is 11.7. The largest absolute Gasteiger partial charge is 0.345 e. The number of benzene rings is 1. The summed E-state index contributed by atoms with van der Waals surface area (Å²) in [7, 11) is 1.76. The van der Waals surface area contributed by atoms with E-state index in [1.165, 1.54) is 24.3 Å². The minimum Gasteiger partial charge on any atom is -0.345 e. The molecule has 0 saturated carbocycles. The zero-order chi connectivity index (χ0) is 13.1. The fraction of sp³-hybridized carbons (Fsp3) is 0.182. The van der Waals surface area contributed by atoms with E-state index in [1.807, 2.05) is 0 Å². The average Bonchev–Trinajstić information content (AvgIpc) is 2.68. The molecular formula is C11H11FN4OS. The number of aromatic nitrogens is 3. The van der Waals surface area contributed by atoms with Gasteiger partial charge in [-0.15, -0.1) is 0 Å². The Balaban J connectivity index is 2.02. The highest BCUT2D eigenvalue weighted by molar-refractivity contribution is 7.71. The number of amides is 1. The first kappa shape index (κ1) is 12.4. The van der Waals surface area contributed by atoms with Gasteiger partial charge in [0.1, 0.15) is 5.82 Å². The van der Waals surface area contributed by atoms with Gasteiger partial charge in [0.2, 0.25) is 0 Å². The van der Waals surface area contributed by atoms with Crippen molar-refractivity contribution in [3.63, 3.8) is 0 Å². The minimum absolute atomic E-state index is 0.250. The Kier molecular flexibility index (Phi) is 3.52. The molecular weight excluding hydrogens is 255 g/mol. The molecule has 1 aromatic heterocycles. The number of halogens is 1. The second-order valence-corrected chi connectivity index (χ2v) is 4.08. The molecule has 1 aromatic carbocycles. The van der Waals surface area contributed by atoms with Gasteiger partial charge in [-0.3, -0.25) is 9.89 Å². The fourth-order valence-electron chi connectivity index (χ4n) is 1.40. The summed E-state index contributed by atoms with van der Waals surface area (Å²) in [5.41, 5.74) is 0.396. The minimum atomic E-state index is -0.374. The van der Waals surface area contributed by atoms with E-state index in [0.717, 1.165) is 0 Å². The molecule has 7 heteroatoms. The molecule has 0 aliphatic rings. The second kappa shape index (κ2) is 5.09. The average molecular weight is 266 g/mol. The van der Waals surface area contributed by atoms with Crippen LogP contribution in [0.1, 0.15) is 16.2 Å². The lowest BCUT2D eigenvalue weighted by atomic mass is 10.2. The summed E-state index contributed by atoms with van der Waals surface area (Å²) < 4.78 is 14.8. The predicted molar refractivity (Wildman–Crippen MR) is 66.0 cm³/mol. The highest BCUT2D eigenvalue weighted by Crippen LogP contribution is 2.03. The summed E-state index contributed by atoms with van der Waals surface area (Å²) in [6, 6.07) is 5.33. The highest BCUT2D eigenvalue weighted by atomic mass is 32.1. The van der Waals surface area contributed by atoms with Crippen LogP contribution >= 0.6 is 12.2 Å². The van der Waals surface area contributed by atoms with Crippen molar-refractivity contribution in [2.24, 2.45) is 7.05 Å². The van der Waals surface area contributed by atoms with Gasteiger partial charge in [0.25, 0.3) is 5.91 Å². The number of rotatable bonds is 3. The lowest BCUT2D eigenvalue weighted by Crippen LogP contribution is -2.24. The molecule has 0 fully saturated rings. The van der Waals surface area contributed by atoms with Crippen LogP contribution in [0.2, 0.25) is 0 Å². The van der Waals surface area contributed by atoms with Crippen molar-refractivity contribution in [3.05, 3.63) is 46.2 Å². The zero-order valence-corrected chi connectivity index (χ0v) is 10.4. The van der Waals surface area contributed by atoms with Crippen molar-refractivity contribution in [1.29, 1.82) is 0 Å². The number of carbonyl (C=O) groups is 1. The van der Waals surface area contributed by atoms with E-state index in [9.17, 15) is 9.18 Å². The third-order valence-corrected chi connectivity index (χ3v) is 2.85. The lowest BCUT2D eigenvalue weighted by Gasteiger charge is -2.04. The van der Waals surface area contributed by atoms with Gasteiger partial charge in [0.15, 0.2) is 10.6 Å². The molecule has 0 aliphatic heterocycles. The summed E-state index contributed by atoms with van der Waals surface area (Å²) in [6.45, 7) is 0.250. The molecule has 18 heavy (non-hydrogen) atoms. The smallest absolute Gasteiger partial charge is 0.251 e. The summed E-state index contributed by atoms with van der Waals surface area (Å²) in [5.74, 6) is -0.0413. The van der Waals surface area contributed by atoms with Crippen LogP contribution in [0.4, 0.5) is 4.39 Å². The maximum atomic E-state index is 12.7. The van der Waals surface area contributed by atoms with E-state index in [-0.39, 0.29) is 18.3 Å². The van der Waals surface area contributed by atoms with Crippen LogP contribution in [0, 0.1) is 10.6 Å². The van der Waals surface area contributed by atoms with Crippen molar-refractivity contribution in [3.8, 4) is 0 Å². The Morgan fingerprint density at radius 1 is 1.50 bits per heavy atom. The van der Waals surface area contributed by atoms with E-state index in [0.29, 0.717) is 16.2 Å². The molecule has 1 heterocycles. The number of hydrogen-bond acceptors (Lipinski definition) is 3. The monoisotopic (exact) mass is 266 g/mol. The normalized spacial score (nSPS) is 10.3. The topological polar surface area (TPSA) is 62.7 Å². The number of nitrogens with one attached hydrogen (secondary N) is 2. The molecule has 2 N–H and O–H groups in total. The van der Waals surface area contributed by atoms with Crippen molar-refractivity contribution >= 4 is 18.1 Å². The molecule has 0 unspecified atom stereocenters. The van der Waals surface area contributed by atoms with Crippen molar-refractivity contribution in [1.82, 2.24) is 20.1 Å². The van der Waals surface area contributed by atoms with Gasteiger partial charge in [-0.1, -0.05) is 0 Å². The molecule has 0 radical (unpaired) electrons. The Hall–Kier alpha value is -2.02. The first-order valence-electron chi connectivity index (χ1n) is 5.22. The van der Waals surface area contributed by atoms with Crippen molar-refractivity contribution < 1.29 is 9.18 Å². The molecule has 0 spiro atoms. The third-order valence-electron chi connectivity index (χ3n) is 2.49. The number of carbonyl (C=O) groups excluding carboxylic acids is 1. The Morgan fingerprint density at radius 2 is 2.17 bits per heavy atom. The molecule has 0 bridgehead atoms. The van der Waals surface area contributed by atoms with Gasteiger partial charge in [0.05, 0.1) is 6.54 Å². The lowest BCUT2D eigenvalue weighted by molar-refractivity contribution is 0.0949. The van der Waals surface area contributed by atoms with E-state index in [1.54, 1.807) is 11.6 Å². The molecule has 0 atom stereocenters. The Bertz CT molecular complexity index is 617. The van der Waals surface area contributed by atoms with Gasteiger partial charge in [-0.2, -0.15) is 5.10 Å². The summed E-state index contributed by atoms with van der Waals surface area (Å²) >= 11 is 4.95. The SMILES string of the molecule is Cn1c(CNC(=O)c2ccc(F)cc2)n[nH]c1=S. The van der Waals surface area contributed by atoms with Crippen LogP contribution in [0.15, 0.2) is 24.3 Å². The predicted octanol–water partition coefficient (Wildman–Crippen LogP) is 1.55. The van der Waals surface area contributed by atoms with Crippen molar-refractivity contribution in [2.45, 2.75) is 6.54 Å². The van der Waals surface area contributed by atoms with E-state index in [2.05, 4.69) is 15.5 Å². The number of aromatic amines is 1. The Labute approximate surface area is 108 Å². The number of nitrogens with zero attached hydrogens (tertiary/aromatic N) is 2. The highest BCUT2D eigenvalue weighted by Gasteiger charge is 2.07. The van der Waals surface area contributed by atoms with Crippen LogP contribution in [0.3, 0.4) is 0 Å². The number of H-pyrrole nitrogens is 1. The van der Waals surface area contributed by atoms with Crippen molar-refractivity contribution in [2.75, 3.05) is 0 Å². The molecule has 2 rings (SSSR count). The van der Waals surface area contributed by atoms with Crippen LogP contribution in [-0.2, 0) is 13.6 Å². The molecule has 1 amide bonds. The van der Waals surface area contributed by atoms with E-state index in [4.69, 9.17) is 12.2 Å². The van der Waals surface area contributed by atoms with Gasteiger partial charge < -0.3 is 9.88 Å². The quantitative estimate of drug-likeness (QED) is 0.828. The van der Waals surface area contributed by atoms with Gasteiger partial charge in [-0.25, -0.2) is 4.39 Å². The first-order chi connectivity index (χ1) is 8.58. The zero-order valence-electron chi connectivity index (χ0n) is 9.61. The molecule has 0 saturated heterocycles. The van der Waals surface area contributed by atoms with Gasteiger partial charge in [0, 0.05) is 12.6 Å². The summed E-state index contributed by atoms with van der Waals surface area (Å²) in [6.07, 6.45) is 0. The second-order valence-electron chi connectivity index (χ2n) is 3.69. The molecule has 2 aromatic rings. The maximum Gasteiger partial charge on any atom is 0.251 e. The molecule has 5 nitrogen and oxygen atoms in total. The molecule has 94 valence electrons. The maximum absolute atomic E-state index is 12.7. The molecule has 0 aliphatic carbocycles.